The third-order valence-corrected chi connectivity index (χ3v) is 10.1. The highest BCUT2D eigenvalue weighted by atomic mass is 16.5. The minimum absolute atomic E-state index is 0.0138. The number of unbranched alkanes of at least 4 members (excludes halogenated alkanes) is 9. The second-order valence-electron chi connectivity index (χ2n) is 14.3. The second-order valence-corrected chi connectivity index (χ2v) is 14.3. The topological polar surface area (TPSA) is 182 Å². The molecule has 290 valence electrons. The number of amides is 2. The van der Waals surface area contributed by atoms with Crippen LogP contribution < -0.4 is 21.1 Å². The molecule has 2 amide bonds. The van der Waals surface area contributed by atoms with E-state index in [-0.39, 0.29) is 41.0 Å². The maximum Gasteiger partial charge on any atom is 0.222 e. The first-order valence-corrected chi connectivity index (χ1v) is 19.6. The first-order valence-electron chi connectivity index (χ1n) is 19.6. The Morgan fingerprint density at radius 3 is 2.15 bits per heavy atom. The molecule has 2 aromatic rings. The molecule has 2 aliphatic rings. The van der Waals surface area contributed by atoms with E-state index < -0.39 is 0 Å². The van der Waals surface area contributed by atoms with Gasteiger partial charge in [0.15, 0.2) is 11.6 Å². The van der Waals surface area contributed by atoms with Gasteiger partial charge in [0.1, 0.15) is 24.2 Å². The molecular weight excluding hydrogens is 670 g/mol. The van der Waals surface area contributed by atoms with Crippen molar-refractivity contribution in [1.82, 2.24) is 9.80 Å². The predicted octanol–water partition coefficient (Wildman–Crippen LogP) is 5.96. The van der Waals surface area contributed by atoms with Crippen molar-refractivity contribution in [3.63, 3.8) is 0 Å². The minimum Gasteiger partial charge on any atom is -0.507 e. The summed E-state index contributed by atoms with van der Waals surface area (Å²) in [6.07, 6.45) is 15.4. The van der Waals surface area contributed by atoms with Crippen LogP contribution in [0.2, 0.25) is 0 Å². The third-order valence-electron chi connectivity index (χ3n) is 10.1. The molecular formula is C41H61N7O5. The van der Waals surface area contributed by atoms with E-state index in [1.54, 1.807) is 18.2 Å². The largest absolute Gasteiger partial charge is 0.507 e. The summed E-state index contributed by atoms with van der Waals surface area (Å²) in [6, 6.07) is 14.7. The number of nitrogens with one attached hydrogen (secondary N) is 2. The number of allylic oxidation sites excluding steroid dienone is 1. The Bertz CT molecular complexity index is 1510. The SMILES string of the molecule is N=C(N)/C(=C\C(=N)c1ccccc1O)OC1CCCN(c2cccc(OCCN3CCN(C(=O)CCCCCCCCCCCCC(N)=O)CC3)c2)C1. The molecule has 0 saturated carbocycles. The van der Waals surface area contributed by atoms with Crippen LogP contribution in [0.5, 0.6) is 11.5 Å². The number of hydrogen-bond acceptors (Lipinski definition) is 9. The molecule has 2 saturated heterocycles. The number of aromatic hydroxyl groups is 1. The molecule has 7 N–H and O–H groups in total. The number of hydrogen-bond donors (Lipinski definition) is 5. The number of piperidine rings is 1. The average molecular weight is 732 g/mol. The molecule has 53 heavy (non-hydrogen) atoms. The standard InChI is InChI=1S/C41H61N7O5/c42-36(35-18-11-12-19-37(35)49)30-38(41(44)45)53-34-17-14-22-48(31-34)32-15-13-16-33(29-32)52-28-27-46-23-25-47(26-24-46)40(51)21-10-8-6-4-2-1-3-5-7-9-20-39(43)50/h11-13,15-16,18-19,29-30,34,42,49H,1-10,14,17,20-28,31H2,(H2,43,50)(H3,44,45)/b38-30+,42-36?. The van der Waals surface area contributed by atoms with Crippen molar-refractivity contribution in [2.24, 2.45) is 11.5 Å². The highest BCUT2D eigenvalue weighted by Gasteiger charge is 2.24. The molecule has 1 atom stereocenters. The highest BCUT2D eigenvalue weighted by Crippen LogP contribution is 2.27. The molecule has 2 aliphatic heterocycles. The number of primary amides is 1. The maximum absolute atomic E-state index is 12.8. The van der Waals surface area contributed by atoms with Gasteiger partial charge in [-0.2, -0.15) is 0 Å². The molecule has 0 radical (unpaired) electrons. The van der Waals surface area contributed by atoms with Crippen LogP contribution in [-0.2, 0) is 14.3 Å². The number of ether oxygens (including phenoxy) is 2. The molecule has 4 rings (SSSR count). The number of para-hydroxylation sites is 1. The summed E-state index contributed by atoms with van der Waals surface area (Å²) in [5, 5.41) is 26.6. The van der Waals surface area contributed by atoms with E-state index >= 15 is 0 Å². The van der Waals surface area contributed by atoms with E-state index in [9.17, 15) is 14.7 Å². The van der Waals surface area contributed by atoms with Crippen LogP contribution in [-0.4, -0.2) is 96.8 Å². The van der Waals surface area contributed by atoms with E-state index in [1.165, 1.54) is 50.7 Å². The number of carbonyl (C=O) groups is 2. The first kappa shape index (κ1) is 41.2. The van der Waals surface area contributed by atoms with Crippen LogP contribution in [0.4, 0.5) is 5.69 Å². The normalized spacial score (nSPS) is 16.7. The van der Waals surface area contributed by atoms with Gasteiger partial charge in [-0.15, -0.1) is 0 Å². The van der Waals surface area contributed by atoms with Gasteiger partial charge in [0.2, 0.25) is 11.8 Å². The monoisotopic (exact) mass is 731 g/mol. The number of nitrogens with two attached hydrogens (primary N) is 2. The van der Waals surface area contributed by atoms with Crippen LogP contribution in [0.15, 0.2) is 60.4 Å². The fourth-order valence-corrected chi connectivity index (χ4v) is 6.97. The molecule has 12 heteroatoms. The Morgan fingerprint density at radius 1 is 0.830 bits per heavy atom. The Hall–Kier alpha value is -4.58. The molecule has 0 aliphatic carbocycles. The minimum atomic E-state index is -0.262. The number of piperazine rings is 1. The predicted molar refractivity (Wildman–Crippen MR) is 211 cm³/mol. The number of rotatable bonds is 23. The average Bonchev–Trinajstić information content (AvgIpc) is 3.15. The number of anilines is 1. The Labute approximate surface area is 315 Å². The third kappa shape index (κ3) is 14.8. The van der Waals surface area contributed by atoms with Gasteiger partial charge in [0.25, 0.3) is 0 Å². The number of benzene rings is 2. The van der Waals surface area contributed by atoms with E-state index in [2.05, 4.69) is 15.9 Å². The number of phenols is 1. The number of nitrogens with zero attached hydrogens (tertiary/aromatic N) is 3. The van der Waals surface area contributed by atoms with Crippen molar-refractivity contribution in [2.45, 2.75) is 96.0 Å². The zero-order valence-corrected chi connectivity index (χ0v) is 31.4. The van der Waals surface area contributed by atoms with E-state index in [0.29, 0.717) is 31.6 Å². The fraction of sp³-hybridized carbons (Fsp3) is 0.561. The van der Waals surface area contributed by atoms with Crippen molar-refractivity contribution in [3.05, 3.63) is 65.9 Å². The lowest BCUT2D eigenvalue weighted by atomic mass is 10.0. The molecule has 0 aromatic heterocycles. The zero-order chi connectivity index (χ0) is 37.8. The van der Waals surface area contributed by atoms with E-state index in [0.717, 1.165) is 89.2 Å². The maximum atomic E-state index is 12.8. The van der Waals surface area contributed by atoms with Gasteiger partial charge >= 0.3 is 0 Å². The number of phenolic OH excluding ortho intramolecular Hbond substituents is 1. The number of amidine groups is 1. The molecule has 2 aromatic carbocycles. The van der Waals surface area contributed by atoms with Crippen LogP contribution >= 0.6 is 0 Å². The van der Waals surface area contributed by atoms with Gasteiger partial charge in [-0.25, -0.2) is 0 Å². The van der Waals surface area contributed by atoms with E-state index in [1.807, 2.05) is 23.1 Å². The summed E-state index contributed by atoms with van der Waals surface area (Å²) in [7, 11) is 0. The van der Waals surface area contributed by atoms with Crippen LogP contribution in [0.25, 0.3) is 0 Å². The molecule has 2 heterocycles. The lowest BCUT2D eigenvalue weighted by Crippen LogP contribution is -2.49. The summed E-state index contributed by atoms with van der Waals surface area (Å²) >= 11 is 0. The second kappa shape index (κ2) is 22.5. The van der Waals surface area contributed by atoms with Crippen LogP contribution in [0, 0.1) is 10.8 Å². The lowest BCUT2D eigenvalue weighted by Gasteiger charge is -2.35. The van der Waals surface area contributed by atoms with Crippen LogP contribution in [0.3, 0.4) is 0 Å². The Morgan fingerprint density at radius 2 is 1.49 bits per heavy atom. The van der Waals surface area contributed by atoms with Gasteiger partial charge in [-0.05, 0) is 49.9 Å². The fourth-order valence-electron chi connectivity index (χ4n) is 6.97. The first-order chi connectivity index (χ1) is 25.7. The summed E-state index contributed by atoms with van der Waals surface area (Å²) < 4.78 is 12.3. The Balaban J connectivity index is 1.10. The summed E-state index contributed by atoms with van der Waals surface area (Å²) in [6.45, 7) is 6.07. The van der Waals surface area contributed by atoms with Gasteiger partial charge in [0.05, 0.1) is 12.3 Å². The van der Waals surface area contributed by atoms with Crippen molar-refractivity contribution in [1.29, 1.82) is 10.8 Å². The van der Waals surface area contributed by atoms with Crippen molar-refractivity contribution in [2.75, 3.05) is 57.3 Å². The van der Waals surface area contributed by atoms with Gasteiger partial charge in [-0.3, -0.25) is 25.3 Å². The summed E-state index contributed by atoms with van der Waals surface area (Å²) in [4.78, 5) is 30.2. The molecule has 1 unspecified atom stereocenters. The van der Waals surface area contributed by atoms with Crippen molar-refractivity contribution >= 4 is 29.0 Å². The lowest BCUT2D eigenvalue weighted by molar-refractivity contribution is -0.133. The smallest absolute Gasteiger partial charge is 0.222 e. The van der Waals surface area contributed by atoms with Crippen molar-refractivity contribution in [3.8, 4) is 11.5 Å². The van der Waals surface area contributed by atoms with E-state index in [4.69, 9.17) is 31.8 Å². The van der Waals surface area contributed by atoms with Gasteiger partial charge in [-0.1, -0.05) is 69.6 Å². The molecule has 2 fully saturated rings. The van der Waals surface area contributed by atoms with Gasteiger partial charge in [0, 0.05) is 75.5 Å². The summed E-state index contributed by atoms with van der Waals surface area (Å²) in [5.41, 5.74) is 12.4. The number of carbonyl (C=O) groups excluding carboxylic acids is 2. The van der Waals surface area contributed by atoms with Gasteiger partial charge < -0.3 is 35.8 Å². The zero-order valence-electron chi connectivity index (χ0n) is 31.4. The molecule has 0 bridgehead atoms. The quantitative estimate of drug-likeness (QED) is 0.0402. The molecule has 0 spiro atoms. The van der Waals surface area contributed by atoms with Crippen LogP contribution in [0.1, 0.15) is 95.5 Å². The highest BCUT2D eigenvalue weighted by molar-refractivity contribution is 6.11. The summed E-state index contributed by atoms with van der Waals surface area (Å²) in [5.74, 6) is 0.722. The van der Waals surface area contributed by atoms with Crippen molar-refractivity contribution < 1.29 is 24.2 Å². The Kier molecular flexibility index (Phi) is 17.5. The molecule has 12 nitrogen and oxygen atoms in total.